The molecule has 1 aromatic rings. The zero-order chi connectivity index (χ0) is 26.6. The summed E-state index contributed by atoms with van der Waals surface area (Å²) in [4.78, 5) is 37.3. The van der Waals surface area contributed by atoms with Gasteiger partial charge in [-0.2, -0.15) is 0 Å². The number of carboxylic acids is 1. The smallest absolute Gasteiger partial charge is 0.410 e. The lowest BCUT2D eigenvalue weighted by molar-refractivity contribution is -0.138. The maximum atomic E-state index is 12.6. The molecule has 2 N–H and O–H groups in total. The molecule has 0 heterocycles. The molecule has 1 rings (SSSR count). The lowest BCUT2D eigenvalue weighted by Crippen LogP contribution is -2.50. The summed E-state index contributed by atoms with van der Waals surface area (Å²) in [6, 6.07) is -3.68. The predicted octanol–water partition coefficient (Wildman–Crippen LogP) is 3.44. The highest BCUT2D eigenvalue weighted by Crippen LogP contribution is 2.13. The van der Waals surface area contributed by atoms with Gasteiger partial charge in [0.05, 0.1) is 12.9 Å². The fraction of sp³-hybridized carbons (Fsp3) is 0.571. The van der Waals surface area contributed by atoms with E-state index in [4.69, 9.17) is 16.3 Å². The number of benzene rings is 1. The number of carbonyl (C=O) groups excluding carboxylic acids is 2. The summed E-state index contributed by atoms with van der Waals surface area (Å²) in [5.41, 5.74) is -1.89. The number of aliphatic carboxylic acids is 1. The van der Waals surface area contributed by atoms with Crippen LogP contribution >= 0.6 is 0 Å². The molecule has 1 unspecified atom stereocenters. The minimum absolute atomic E-state index is 0.105. The summed E-state index contributed by atoms with van der Waals surface area (Å²) in [5, 5.41) is 11.8. The highest BCUT2D eigenvalue weighted by molar-refractivity contribution is 5.77. The van der Waals surface area contributed by atoms with Gasteiger partial charge in [0.2, 0.25) is 0 Å². The van der Waals surface area contributed by atoms with E-state index in [0.717, 1.165) is 4.90 Å². The molecule has 162 valence electrons. The van der Waals surface area contributed by atoms with Crippen LogP contribution in [0.3, 0.4) is 0 Å². The summed E-state index contributed by atoms with van der Waals surface area (Å²) < 4.78 is 50.2. The number of nitrogens with zero attached hydrogens (tertiary/aromatic N) is 1. The zero-order valence-electron chi connectivity index (χ0n) is 22.6. The summed E-state index contributed by atoms with van der Waals surface area (Å²) >= 11 is 0. The molecule has 29 heavy (non-hydrogen) atoms. The van der Waals surface area contributed by atoms with Crippen molar-refractivity contribution < 1.29 is 35.8 Å². The van der Waals surface area contributed by atoms with Crippen LogP contribution in [0.15, 0.2) is 30.2 Å². The van der Waals surface area contributed by atoms with E-state index in [1.165, 1.54) is 0 Å². The van der Waals surface area contributed by atoms with Gasteiger partial charge in [0.15, 0.2) is 0 Å². The van der Waals surface area contributed by atoms with Gasteiger partial charge in [0, 0.05) is 6.54 Å². The van der Waals surface area contributed by atoms with Gasteiger partial charge in [-0.05, 0) is 53.5 Å². The zero-order valence-corrected chi connectivity index (χ0v) is 17.6. The number of hydrogen-bond donors (Lipinski definition) is 2. The van der Waals surface area contributed by atoms with Crippen molar-refractivity contribution >= 4 is 18.2 Å². The fourth-order valence-electron chi connectivity index (χ4n) is 2.22. The van der Waals surface area contributed by atoms with E-state index < -0.39 is 72.2 Å². The van der Waals surface area contributed by atoms with Gasteiger partial charge in [-0.3, -0.25) is 9.69 Å². The van der Waals surface area contributed by atoms with Crippen molar-refractivity contribution in [2.75, 3.05) is 13.1 Å². The summed E-state index contributed by atoms with van der Waals surface area (Å²) in [6.07, 6.45) is -2.13. The Labute approximate surface area is 179 Å². The molecule has 0 spiro atoms. The Morgan fingerprint density at radius 2 is 1.62 bits per heavy atom. The lowest BCUT2D eigenvalue weighted by atomic mass is 10.1. The molecule has 1 aromatic carbocycles. The minimum Gasteiger partial charge on any atom is -0.480 e. The van der Waals surface area contributed by atoms with Crippen molar-refractivity contribution in [3.05, 3.63) is 35.8 Å². The van der Waals surface area contributed by atoms with Gasteiger partial charge in [-0.25, -0.2) is 9.59 Å². The van der Waals surface area contributed by atoms with Crippen LogP contribution in [0, 0.1) is 0 Å². The highest BCUT2D eigenvalue weighted by atomic mass is 16.6. The van der Waals surface area contributed by atoms with E-state index in [1.54, 1.807) is 41.5 Å². The van der Waals surface area contributed by atoms with Crippen molar-refractivity contribution in [1.29, 1.82) is 0 Å². The van der Waals surface area contributed by atoms with Crippen molar-refractivity contribution in [2.24, 2.45) is 0 Å². The number of alkyl carbamates (subject to hydrolysis) is 1. The molecule has 0 aliphatic rings. The van der Waals surface area contributed by atoms with E-state index in [9.17, 15) is 19.5 Å². The van der Waals surface area contributed by atoms with Gasteiger partial charge in [0.25, 0.3) is 0 Å². The van der Waals surface area contributed by atoms with E-state index >= 15 is 0 Å². The average Bonchev–Trinajstić information content (AvgIpc) is 2.64. The van der Waals surface area contributed by atoms with Crippen LogP contribution in [-0.4, -0.2) is 58.5 Å². The Morgan fingerprint density at radius 3 is 2.10 bits per heavy atom. The number of nitrogens with one attached hydrogen (secondary N) is 1. The topological polar surface area (TPSA) is 105 Å². The van der Waals surface area contributed by atoms with E-state index in [0.29, 0.717) is 0 Å². The van der Waals surface area contributed by atoms with Crippen molar-refractivity contribution in [3.63, 3.8) is 0 Å². The monoisotopic (exact) mass is 413 g/mol. The molecule has 0 aromatic heterocycles. The Hall–Kier alpha value is -2.77. The quantitative estimate of drug-likeness (QED) is 0.709. The van der Waals surface area contributed by atoms with E-state index in [-0.39, 0.29) is 18.5 Å². The summed E-state index contributed by atoms with van der Waals surface area (Å²) in [7, 11) is 0. The fourth-order valence-corrected chi connectivity index (χ4v) is 2.22. The van der Waals surface area contributed by atoms with Crippen molar-refractivity contribution in [3.8, 4) is 0 Å². The first-order chi connectivity index (χ1) is 15.3. The van der Waals surface area contributed by atoms with Crippen LogP contribution in [0.2, 0.25) is 0 Å². The largest absolute Gasteiger partial charge is 0.480 e. The number of ether oxygens (including phenoxy) is 2. The SMILES string of the molecule is [2H]c1c([2H])c([2H])c(CC(CN(CC(=O)O)C(=O)OC(C)(C)C)NC(=O)OC(C)(C)C)c([2H])c1[2H]. The summed E-state index contributed by atoms with van der Waals surface area (Å²) in [6.45, 7) is 8.58. The minimum atomic E-state index is -1.33. The third-order valence-corrected chi connectivity index (χ3v) is 3.14. The normalized spacial score (nSPS) is 15.0. The third-order valence-electron chi connectivity index (χ3n) is 3.14. The molecule has 0 saturated carbocycles. The lowest BCUT2D eigenvalue weighted by Gasteiger charge is -2.30. The molecule has 0 bridgehead atoms. The maximum Gasteiger partial charge on any atom is 0.410 e. The molecule has 0 fully saturated rings. The second-order valence-corrected chi connectivity index (χ2v) is 8.41. The Kier molecular flexibility index (Phi) is 5.98. The Balaban J connectivity index is 3.38. The van der Waals surface area contributed by atoms with Gasteiger partial charge >= 0.3 is 18.2 Å². The second-order valence-electron chi connectivity index (χ2n) is 8.41. The van der Waals surface area contributed by atoms with Crippen LogP contribution in [-0.2, 0) is 20.7 Å². The molecule has 0 radical (unpaired) electrons. The highest BCUT2D eigenvalue weighted by Gasteiger charge is 2.28. The van der Waals surface area contributed by atoms with Gasteiger partial charge in [0.1, 0.15) is 17.7 Å². The molecule has 2 amide bonds. The van der Waals surface area contributed by atoms with Gasteiger partial charge in [-0.15, -0.1) is 0 Å². The molecular formula is C21H32N2O6. The standard InChI is InChI=1S/C21H32N2O6/c1-20(2,3)28-18(26)22-16(12-15-10-8-7-9-11-15)13-23(14-17(24)25)19(27)29-21(4,5)6/h7-11,16H,12-14H2,1-6H3,(H,22,26)(H,24,25)/i7D,8D,9D,10D,11D. The first-order valence-corrected chi connectivity index (χ1v) is 9.07. The molecular weight excluding hydrogens is 376 g/mol. The van der Waals surface area contributed by atoms with Crippen LogP contribution in [0.4, 0.5) is 9.59 Å². The first kappa shape index (κ1) is 17.1. The Morgan fingerprint density at radius 1 is 1.07 bits per heavy atom. The van der Waals surface area contributed by atoms with Crippen LogP contribution < -0.4 is 5.32 Å². The number of hydrogen-bond acceptors (Lipinski definition) is 5. The number of amides is 2. The second kappa shape index (κ2) is 10.1. The van der Waals surface area contributed by atoms with Crippen molar-refractivity contribution in [1.82, 2.24) is 10.2 Å². The number of carboxylic acid groups (broad SMARTS) is 1. The molecule has 0 saturated heterocycles. The van der Waals surface area contributed by atoms with Crippen molar-refractivity contribution in [2.45, 2.75) is 65.2 Å². The molecule has 0 aliphatic heterocycles. The van der Waals surface area contributed by atoms with Crippen LogP contribution in [0.5, 0.6) is 0 Å². The molecule has 0 aliphatic carbocycles. The Bertz CT molecular complexity index is 914. The van der Waals surface area contributed by atoms with E-state index in [1.807, 2.05) is 0 Å². The first-order valence-electron chi connectivity index (χ1n) is 11.6. The average molecular weight is 414 g/mol. The maximum absolute atomic E-state index is 12.6. The molecule has 8 heteroatoms. The van der Waals surface area contributed by atoms with E-state index in [2.05, 4.69) is 5.32 Å². The predicted molar refractivity (Wildman–Crippen MR) is 109 cm³/mol. The van der Waals surface area contributed by atoms with Crippen LogP contribution in [0.1, 0.15) is 54.0 Å². The van der Waals surface area contributed by atoms with Crippen LogP contribution in [0.25, 0.3) is 0 Å². The molecule has 8 nitrogen and oxygen atoms in total. The van der Waals surface area contributed by atoms with Gasteiger partial charge in [-0.1, -0.05) is 30.2 Å². The number of carbonyl (C=O) groups is 3. The summed E-state index contributed by atoms with van der Waals surface area (Å²) in [5.74, 6) is -1.33. The molecule has 1 atom stereocenters. The third kappa shape index (κ3) is 11.0. The number of rotatable bonds is 7. The van der Waals surface area contributed by atoms with Gasteiger partial charge < -0.3 is 19.9 Å².